The fourth-order valence-corrected chi connectivity index (χ4v) is 12.9. The molecule has 4 heteroatoms. The molecule has 0 N–H and O–H groups in total. The largest absolute Gasteiger partial charge is 0.0873 e. The van der Waals surface area contributed by atoms with E-state index in [1.165, 1.54) is 21.2 Å². The molecule has 0 bridgehead atoms. The van der Waals surface area contributed by atoms with E-state index in [4.69, 9.17) is 23.6 Å². The van der Waals surface area contributed by atoms with Crippen LogP contribution in [0.1, 0.15) is 40.5 Å². The molecule has 0 aromatic heterocycles. The zero-order valence-electron chi connectivity index (χ0n) is 21.8. The first-order valence-corrected chi connectivity index (χ1v) is 18.5. The summed E-state index contributed by atoms with van der Waals surface area (Å²) in [5.41, 5.74) is 1.08. The maximum absolute atomic E-state index is 6.17. The summed E-state index contributed by atoms with van der Waals surface area (Å²) in [6.07, 6.45) is 2.25. The van der Waals surface area contributed by atoms with Gasteiger partial charge in [0.15, 0.2) is 0 Å². The minimum atomic E-state index is -1.68. The van der Waals surface area contributed by atoms with Crippen LogP contribution < -0.4 is 21.2 Å². The summed E-state index contributed by atoms with van der Waals surface area (Å²) in [5.74, 6) is 0. The van der Waals surface area contributed by atoms with Gasteiger partial charge < -0.3 is 0 Å². The number of benzene rings is 4. The van der Waals surface area contributed by atoms with Crippen LogP contribution in [0.5, 0.6) is 0 Å². The predicted molar refractivity (Wildman–Crippen MR) is 172 cm³/mol. The van der Waals surface area contributed by atoms with Crippen molar-refractivity contribution in [3.8, 4) is 0 Å². The van der Waals surface area contributed by atoms with Crippen molar-refractivity contribution in [2.45, 2.75) is 51.9 Å². The average Bonchev–Trinajstić information content (AvgIpc) is 2.97. The molecule has 188 valence electrons. The Kier molecular flexibility index (Phi) is 10.9. The Hall–Kier alpha value is -1.82. The summed E-state index contributed by atoms with van der Waals surface area (Å²) in [6, 6.07) is 39.2. The molecule has 0 heterocycles. The standard InChI is InChI=1S/2C16H19PS/c2*1-3-14(2)17(18,15-10-6-4-7-11-15)16-12-8-5-9-13-16/h2*4-14H,3H2,1-2H3/t2*14-/m10/s1. The van der Waals surface area contributed by atoms with Crippen molar-refractivity contribution >= 4 is 56.9 Å². The predicted octanol–water partition coefficient (Wildman–Crippen LogP) is 7.83. The first-order chi connectivity index (χ1) is 17.4. The van der Waals surface area contributed by atoms with Crippen LogP contribution in [0.3, 0.4) is 0 Å². The van der Waals surface area contributed by atoms with E-state index in [1.807, 2.05) is 0 Å². The second-order valence-corrected chi connectivity index (χ2v) is 19.1. The van der Waals surface area contributed by atoms with E-state index in [9.17, 15) is 0 Å². The normalized spacial score (nSPS) is 13.2. The lowest BCUT2D eigenvalue weighted by atomic mass is 10.3. The van der Waals surface area contributed by atoms with Crippen LogP contribution in [0, 0.1) is 0 Å². The Morgan fingerprint density at radius 3 is 0.806 bits per heavy atom. The van der Waals surface area contributed by atoms with Gasteiger partial charge in [-0.1, -0.05) is 173 Å². The SMILES string of the molecule is CC[C@@H](C)P(=S)(c1ccccc1)c1ccccc1.CC[C@H](C)P(=S)(c1ccccc1)c1ccccc1. The monoisotopic (exact) mass is 548 g/mol. The van der Waals surface area contributed by atoms with Crippen LogP contribution in [0.2, 0.25) is 0 Å². The Bertz CT molecular complexity index is 1080. The molecule has 4 rings (SSSR count). The van der Waals surface area contributed by atoms with E-state index in [1.54, 1.807) is 0 Å². The van der Waals surface area contributed by atoms with E-state index in [0.29, 0.717) is 11.3 Å². The summed E-state index contributed by atoms with van der Waals surface area (Å²) < 4.78 is 0. The first-order valence-electron chi connectivity index (χ1n) is 12.8. The lowest BCUT2D eigenvalue weighted by molar-refractivity contribution is 0.898. The molecule has 2 atom stereocenters. The van der Waals surface area contributed by atoms with Crippen molar-refractivity contribution in [2.75, 3.05) is 0 Å². The zero-order valence-corrected chi connectivity index (χ0v) is 25.2. The third-order valence-corrected chi connectivity index (χ3v) is 19.1. The minimum Gasteiger partial charge on any atom is -0.0873 e. The highest BCUT2D eigenvalue weighted by Gasteiger charge is 2.28. The van der Waals surface area contributed by atoms with Gasteiger partial charge in [0.05, 0.1) is 0 Å². The highest BCUT2D eigenvalue weighted by atomic mass is 32.4. The molecule has 0 aliphatic rings. The van der Waals surface area contributed by atoms with Crippen molar-refractivity contribution in [1.29, 1.82) is 0 Å². The summed E-state index contributed by atoms with van der Waals surface area (Å²) >= 11 is 12.3. The molecule has 4 aromatic carbocycles. The number of rotatable bonds is 8. The highest BCUT2D eigenvalue weighted by Crippen LogP contribution is 2.50. The molecule has 0 nitrogen and oxygen atoms in total. The maximum atomic E-state index is 6.17. The van der Waals surface area contributed by atoms with E-state index in [-0.39, 0.29) is 0 Å². The zero-order chi connectivity index (χ0) is 26.0. The fourth-order valence-electron chi connectivity index (χ4n) is 4.43. The van der Waals surface area contributed by atoms with Crippen molar-refractivity contribution in [3.05, 3.63) is 121 Å². The first kappa shape index (κ1) is 28.7. The third-order valence-electron chi connectivity index (χ3n) is 6.98. The summed E-state index contributed by atoms with van der Waals surface area (Å²) in [4.78, 5) is 0. The van der Waals surface area contributed by atoms with Crippen molar-refractivity contribution in [2.24, 2.45) is 0 Å². The van der Waals surface area contributed by atoms with Crippen molar-refractivity contribution in [3.63, 3.8) is 0 Å². The molecule has 36 heavy (non-hydrogen) atoms. The van der Waals surface area contributed by atoms with Crippen LogP contribution in [-0.4, -0.2) is 11.3 Å². The van der Waals surface area contributed by atoms with E-state index < -0.39 is 12.1 Å². The lowest BCUT2D eigenvalue weighted by Crippen LogP contribution is -2.23. The second kappa shape index (κ2) is 13.6. The number of hydrogen-bond acceptors (Lipinski definition) is 2. The van der Waals surface area contributed by atoms with Crippen molar-refractivity contribution < 1.29 is 0 Å². The molecular weight excluding hydrogens is 510 g/mol. The molecule has 0 amide bonds. The second-order valence-electron chi connectivity index (χ2n) is 9.17. The van der Waals surface area contributed by atoms with Crippen LogP contribution in [0.15, 0.2) is 121 Å². The Balaban J connectivity index is 0.000000201. The third kappa shape index (κ3) is 6.35. The van der Waals surface area contributed by atoms with Gasteiger partial charge in [-0.2, -0.15) is 0 Å². The topological polar surface area (TPSA) is 0 Å². The molecule has 4 aromatic rings. The summed E-state index contributed by atoms with van der Waals surface area (Å²) in [6.45, 7) is 9.05. The quantitative estimate of drug-likeness (QED) is 0.206. The lowest BCUT2D eigenvalue weighted by Gasteiger charge is -2.29. The van der Waals surface area contributed by atoms with Crippen molar-refractivity contribution in [1.82, 2.24) is 0 Å². The van der Waals surface area contributed by atoms with Crippen LogP contribution in [-0.2, 0) is 23.6 Å². The van der Waals surface area contributed by atoms with Gasteiger partial charge in [0, 0.05) is 12.1 Å². The van der Waals surface area contributed by atoms with Gasteiger partial charge in [0.2, 0.25) is 0 Å². The van der Waals surface area contributed by atoms with Gasteiger partial charge in [-0.25, -0.2) is 0 Å². The van der Waals surface area contributed by atoms with Gasteiger partial charge in [-0.3, -0.25) is 0 Å². The molecule has 0 spiro atoms. The van der Waals surface area contributed by atoms with Gasteiger partial charge in [0.25, 0.3) is 0 Å². The highest BCUT2D eigenvalue weighted by molar-refractivity contribution is 8.22. The van der Waals surface area contributed by atoms with E-state index in [0.717, 1.165) is 12.8 Å². The minimum absolute atomic E-state index is 0.539. The Morgan fingerprint density at radius 2 is 0.639 bits per heavy atom. The maximum Gasteiger partial charge on any atom is 0.0132 e. The molecule has 0 radical (unpaired) electrons. The summed E-state index contributed by atoms with van der Waals surface area (Å²) in [5, 5.41) is 5.34. The molecule has 0 saturated heterocycles. The van der Waals surface area contributed by atoms with Gasteiger partial charge in [0.1, 0.15) is 0 Å². The van der Waals surface area contributed by atoms with E-state index in [2.05, 4.69) is 149 Å². The summed E-state index contributed by atoms with van der Waals surface area (Å²) in [7, 11) is 0. The van der Waals surface area contributed by atoms with Gasteiger partial charge >= 0.3 is 0 Å². The molecule has 0 saturated carbocycles. The average molecular weight is 549 g/mol. The molecule has 0 aliphatic heterocycles. The number of hydrogen-bond donors (Lipinski definition) is 0. The van der Waals surface area contributed by atoms with Crippen LogP contribution >= 0.6 is 12.1 Å². The van der Waals surface area contributed by atoms with Gasteiger partial charge in [-0.15, -0.1) is 0 Å². The molecule has 0 aliphatic carbocycles. The van der Waals surface area contributed by atoms with Gasteiger partial charge in [-0.05, 0) is 45.4 Å². The fraction of sp³-hybridized carbons (Fsp3) is 0.250. The Labute approximate surface area is 229 Å². The molecule has 0 fully saturated rings. The van der Waals surface area contributed by atoms with E-state index >= 15 is 0 Å². The smallest absolute Gasteiger partial charge is 0.0132 e. The Morgan fingerprint density at radius 1 is 0.444 bits per heavy atom. The van der Waals surface area contributed by atoms with Crippen LogP contribution in [0.4, 0.5) is 0 Å². The molecule has 0 unspecified atom stereocenters. The van der Waals surface area contributed by atoms with Crippen LogP contribution in [0.25, 0.3) is 0 Å². The molecular formula is C32H38P2S2.